The Balaban J connectivity index is 1.76. The molecule has 0 amide bonds. The summed E-state index contributed by atoms with van der Waals surface area (Å²) in [6, 6.07) is 14.1. The Labute approximate surface area is 176 Å². The van der Waals surface area contributed by atoms with Crippen molar-refractivity contribution >= 4 is 37.5 Å². The van der Waals surface area contributed by atoms with Crippen LogP contribution in [0.15, 0.2) is 54.9 Å². The molecule has 3 heterocycles. The van der Waals surface area contributed by atoms with Crippen molar-refractivity contribution < 1.29 is 5.11 Å². The molecule has 5 rings (SSSR count). The number of aliphatic hydroxyl groups is 1. The number of aliphatic hydroxyl groups excluding tert-OH is 1. The molecule has 30 heavy (non-hydrogen) atoms. The number of benzene rings is 2. The van der Waals surface area contributed by atoms with Gasteiger partial charge in [-0.1, -0.05) is 18.2 Å². The maximum absolute atomic E-state index is 9.61. The Morgan fingerprint density at radius 2 is 2.00 bits per heavy atom. The molecule has 8 heteroatoms. The van der Waals surface area contributed by atoms with Crippen molar-refractivity contribution in [2.24, 2.45) is 0 Å². The number of aromatic amines is 1. The number of hydrogen-bond acceptors (Lipinski definition) is 4. The monoisotopic (exact) mass is 411 g/mol. The summed E-state index contributed by atoms with van der Waals surface area (Å²) in [5.41, 5.74) is 7.43. The third-order valence-electron chi connectivity index (χ3n) is 5.38. The number of hydrogen-bond donors (Lipinski definition) is 2. The van der Waals surface area contributed by atoms with Gasteiger partial charge in [-0.25, -0.2) is 4.98 Å². The molecule has 0 saturated heterocycles. The van der Waals surface area contributed by atoms with E-state index in [0.29, 0.717) is 5.82 Å². The van der Waals surface area contributed by atoms with E-state index in [9.17, 15) is 5.11 Å². The molecule has 0 aliphatic carbocycles. The number of aromatic nitrogens is 5. The number of pyridine rings is 1. The van der Waals surface area contributed by atoms with Crippen molar-refractivity contribution in [2.45, 2.75) is 13.5 Å². The lowest BCUT2D eigenvalue weighted by molar-refractivity contribution is 0.280. The quantitative estimate of drug-likeness (QED) is 0.339. The average Bonchev–Trinajstić information content (AvgIpc) is 3.35. The van der Waals surface area contributed by atoms with E-state index in [0.717, 1.165) is 49.9 Å². The van der Waals surface area contributed by atoms with Crippen LogP contribution in [-0.2, 0) is 6.61 Å². The Morgan fingerprint density at radius 1 is 1.17 bits per heavy atom. The zero-order chi connectivity index (χ0) is 20.8. The smallest absolute Gasteiger partial charge is 0.159 e. The highest BCUT2D eigenvalue weighted by atomic mass is 31.1. The van der Waals surface area contributed by atoms with Crippen LogP contribution in [0.5, 0.6) is 0 Å². The molecule has 1 unspecified atom stereocenters. The van der Waals surface area contributed by atoms with Gasteiger partial charge in [-0.2, -0.15) is 5.10 Å². The highest BCUT2D eigenvalue weighted by molar-refractivity contribution is 7.80. The molecule has 0 spiro atoms. The molecule has 0 aliphatic heterocycles. The molecule has 6 nitrogen and oxygen atoms in total. The minimum absolute atomic E-state index is 0.0373. The first-order valence-electron chi connectivity index (χ1n) is 9.58. The second-order valence-corrected chi connectivity index (χ2v) is 8.80. The molecule has 2 radical (unpaired) electrons. The average molecular weight is 411 g/mol. The van der Waals surface area contributed by atoms with Crippen LogP contribution < -0.4 is 0 Å². The molecule has 146 valence electrons. The Hall–Kier alpha value is -3.02. The Morgan fingerprint density at radius 3 is 2.77 bits per heavy atom. The lowest BCUT2D eigenvalue weighted by Gasteiger charge is -2.11. The molecule has 0 bridgehead atoms. The fourth-order valence-electron chi connectivity index (χ4n) is 3.77. The first kappa shape index (κ1) is 19.0. The molecular formula is C22H19BN5OP. The van der Waals surface area contributed by atoms with Gasteiger partial charge in [-0.3, -0.25) is 9.44 Å². The summed E-state index contributed by atoms with van der Waals surface area (Å²) in [4.78, 5) is 12.4. The van der Waals surface area contributed by atoms with Gasteiger partial charge < -0.3 is 10.1 Å². The predicted molar refractivity (Wildman–Crippen MR) is 123 cm³/mol. The van der Waals surface area contributed by atoms with Gasteiger partial charge in [0.15, 0.2) is 5.82 Å². The number of nitrogens with one attached hydrogen (secondary N) is 1. The number of H-pyrrole nitrogens is 1. The zero-order valence-electron chi connectivity index (χ0n) is 16.7. The van der Waals surface area contributed by atoms with E-state index >= 15 is 0 Å². The maximum Gasteiger partial charge on any atom is 0.159 e. The van der Waals surface area contributed by atoms with E-state index in [1.807, 2.05) is 60.6 Å². The highest BCUT2D eigenvalue weighted by Gasteiger charge is 2.18. The molecule has 0 saturated carbocycles. The maximum atomic E-state index is 9.61. The van der Waals surface area contributed by atoms with Crippen LogP contribution in [0.2, 0.25) is 0 Å². The van der Waals surface area contributed by atoms with Crippen molar-refractivity contribution in [2.75, 3.05) is 6.66 Å². The van der Waals surface area contributed by atoms with Crippen molar-refractivity contribution in [3.8, 4) is 22.6 Å². The Kier molecular flexibility index (Phi) is 4.65. The van der Waals surface area contributed by atoms with Gasteiger partial charge in [-0.15, -0.1) is 0 Å². The number of nitrogens with zero attached hydrogens (tertiary/aromatic N) is 4. The molecular weight excluding hydrogens is 392 g/mol. The molecule has 5 aromatic rings. The van der Waals surface area contributed by atoms with E-state index in [2.05, 4.69) is 16.0 Å². The summed E-state index contributed by atoms with van der Waals surface area (Å²) >= 11 is 0. The minimum atomic E-state index is -0.948. The summed E-state index contributed by atoms with van der Waals surface area (Å²) in [6.45, 7) is 3.93. The van der Waals surface area contributed by atoms with E-state index in [1.54, 1.807) is 6.20 Å². The van der Waals surface area contributed by atoms with E-state index in [1.165, 1.54) is 0 Å². The minimum Gasteiger partial charge on any atom is -0.392 e. The number of fused-ring (bicyclic) bond motifs is 2. The lowest BCUT2D eigenvalue weighted by Crippen LogP contribution is -1.94. The van der Waals surface area contributed by atoms with Crippen LogP contribution in [0.25, 0.3) is 44.6 Å². The summed E-state index contributed by atoms with van der Waals surface area (Å²) in [7, 11) is 5.31. The zero-order valence-corrected chi connectivity index (χ0v) is 17.6. The van der Waals surface area contributed by atoms with Crippen LogP contribution in [0.3, 0.4) is 0 Å². The summed E-state index contributed by atoms with van der Waals surface area (Å²) in [6.07, 6.45) is 3.53. The summed E-state index contributed by atoms with van der Waals surface area (Å²) < 4.78 is 1.88. The molecule has 2 N–H and O–H groups in total. The number of imidazole rings is 1. The van der Waals surface area contributed by atoms with Gasteiger partial charge in [0.2, 0.25) is 0 Å². The van der Waals surface area contributed by atoms with Crippen molar-refractivity contribution in [3.63, 3.8) is 0 Å². The standard InChI is InChI=1S/C22H19BN5OP/c1-13-15(12-29)10-24-11-17(13)14-7-8-20-16(9-14)21(27-28(20)30(2)23)22-25-18-5-3-4-6-19(18)26-22/h3-11,29H,12H2,1-2H3,(H,25,26). The van der Waals surface area contributed by atoms with Gasteiger partial charge in [-0.05, 0) is 62.5 Å². The highest BCUT2D eigenvalue weighted by Crippen LogP contribution is 2.38. The van der Waals surface area contributed by atoms with Crippen LogP contribution in [-0.4, -0.2) is 43.8 Å². The SMILES string of the molecule is [B]P(C)n1nc(-c2nc3ccccc3[nH]2)c2cc(-c3cncc(CO)c3C)ccc21. The fraction of sp³-hybridized carbons (Fsp3) is 0.136. The predicted octanol–water partition coefficient (Wildman–Crippen LogP) is 4.40. The molecule has 2 aromatic carbocycles. The van der Waals surface area contributed by atoms with Crippen molar-refractivity contribution in [3.05, 3.63) is 66.0 Å². The topological polar surface area (TPSA) is 79.6 Å². The molecule has 3 aromatic heterocycles. The normalized spacial score (nSPS) is 12.6. The van der Waals surface area contributed by atoms with Gasteiger partial charge in [0.05, 0.1) is 23.2 Å². The molecule has 0 fully saturated rings. The van der Waals surface area contributed by atoms with Gasteiger partial charge in [0.25, 0.3) is 0 Å². The van der Waals surface area contributed by atoms with Crippen LogP contribution in [0.4, 0.5) is 0 Å². The Bertz CT molecular complexity index is 1360. The van der Waals surface area contributed by atoms with Gasteiger partial charge >= 0.3 is 0 Å². The largest absolute Gasteiger partial charge is 0.392 e. The lowest BCUT2D eigenvalue weighted by atomic mass is 9.98. The van der Waals surface area contributed by atoms with E-state index in [4.69, 9.17) is 17.6 Å². The van der Waals surface area contributed by atoms with Gasteiger partial charge in [0, 0.05) is 23.3 Å². The first-order chi connectivity index (χ1) is 14.6. The second kappa shape index (κ2) is 7.35. The first-order valence-corrected chi connectivity index (χ1v) is 11.4. The van der Waals surface area contributed by atoms with E-state index < -0.39 is 7.95 Å². The number of rotatable bonds is 4. The van der Waals surface area contributed by atoms with Crippen LogP contribution >= 0.6 is 7.95 Å². The molecule has 1 atom stereocenters. The second-order valence-electron chi connectivity index (χ2n) is 7.28. The van der Waals surface area contributed by atoms with Crippen LogP contribution in [0, 0.1) is 6.92 Å². The van der Waals surface area contributed by atoms with E-state index in [-0.39, 0.29) is 6.61 Å². The number of para-hydroxylation sites is 2. The third-order valence-corrected chi connectivity index (χ3v) is 6.28. The summed E-state index contributed by atoms with van der Waals surface area (Å²) in [5, 5.41) is 15.4. The molecule has 0 aliphatic rings. The fourth-order valence-corrected chi connectivity index (χ4v) is 4.51. The van der Waals surface area contributed by atoms with Crippen molar-refractivity contribution in [1.82, 2.24) is 24.5 Å². The van der Waals surface area contributed by atoms with Gasteiger partial charge in [0.1, 0.15) is 13.3 Å². The summed E-state index contributed by atoms with van der Waals surface area (Å²) in [5.74, 6) is 0.716. The van der Waals surface area contributed by atoms with Crippen molar-refractivity contribution in [1.29, 1.82) is 0 Å². The van der Waals surface area contributed by atoms with Crippen LogP contribution in [0.1, 0.15) is 11.1 Å². The third kappa shape index (κ3) is 3.02.